The van der Waals surface area contributed by atoms with Gasteiger partial charge in [0.15, 0.2) is 0 Å². The molecule has 0 spiro atoms. The Bertz CT molecular complexity index is 1350. The normalized spacial score (nSPS) is 12.3. The molecule has 7 heteroatoms. The first-order valence-corrected chi connectivity index (χ1v) is 11.9. The Morgan fingerprint density at radius 2 is 1.83 bits per heavy atom. The third kappa shape index (κ3) is 6.39. The van der Waals surface area contributed by atoms with Gasteiger partial charge < -0.3 is 15.6 Å². The lowest BCUT2D eigenvalue weighted by molar-refractivity contribution is 0.102. The number of hydrogen-bond acceptors (Lipinski definition) is 5. The summed E-state index contributed by atoms with van der Waals surface area (Å²) in [6.07, 6.45) is 5.21. The van der Waals surface area contributed by atoms with E-state index in [-0.39, 0.29) is 5.91 Å². The van der Waals surface area contributed by atoms with Gasteiger partial charge in [0.1, 0.15) is 5.82 Å². The van der Waals surface area contributed by atoms with Crippen LogP contribution in [0.3, 0.4) is 0 Å². The number of carbonyl (C=O) groups is 1. The summed E-state index contributed by atoms with van der Waals surface area (Å²) in [6.45, 7) is 4.28. The molecule has 1 fully saturated rings. The second kappa shape index (κ2) is 11.4. The van der Waals surface area contributed by atoms with Crippen molar-refractivity contribution in [2.45, 2.75) is 32.7 Å². The minimum absolute atomic E-state index is 0.279. The van der Waals surface area contributed by atoms with E-state index in [4.69, 9.17) is 10.8 Å². The zero-order chi connectivity index (χ0) is 25.5. The lowest BCUT2D eigenvalue weighted by atomic mass is 9.99. The van der Waals surface area contributed by atoms with Crippen molar-refractivity contribution in [2.75, 3.05) is 11.9 Å². The quantitative estimate of drug-likeness (QED) is 0.290. The van der Waals surface area contributed by atoms with E-state index >= 15 is 0 Å². The summed E-state index contributed by atoms with van der Waals surface area (Å²) >= 11 is 0. The van der Waals surface area contributed by atoms with Crippen molar-refractivity contribution < 1.29 is 4.79 Å². The van der Waals surface area contributed by atoms with Crippen molar-refractivity contribution in [1.29, 1.82) is 10.8 Å². The smallest absolute Gasteiger partial charge is 0.256 e. The molecular weight excluding hydrogens is 448 g/mol. The number of aryl methyl sites for hydroxylation is 2. The van der Waals surface area contributed by atoms with Gasteiger partial charge in [0.25, 0.3) is 5.91 Å². The van der Waals surface area contributed by atoms with Gasteiger partial charge in [-0.15, -0.1) is 0 Å². The maximum Gasteiger partial charge on any atom is 0.256 e. The fourth-order valence-corrected chi connectivity index (χ4v) is 3.78. The van der Waals surface area contributed by atoms with E-state index in [1.54, 1.807) is 24.3 Å². The van der Waals surface area contributed by atoms with E-state index in [9.17, 15) is 4.79 Å². The molecule has 1 aliphatic rings. The zero-order valence-electron chi connectivity index (χ0n) is 20.5. The number of anilines is 1. The summed E-state index contributed by atoms with van der Waals surface area (Å²) in [5.74, 6) is 0.102. The van der Waals surface area contributed by atoms with Gasteiger partial charge in [-0.05, 0) is 68.1 Å². The minimum Gasteiger partial charge on any atom is -0.354 e. The van der Waals surface area contributed by atoms with Crippen molar-refractivity contribution in [2.24, 2.45) is 0 Å². The number of nitrogens with zero attached hydrogens (tertiary/aromatic N) is 3. The highest BCUT2D eigenvalue weighted by Gasteiger charge is 2.28. The molecule has 1 aliphatic carbocycles. The van der Waals surface area contributed by atoms with Crippen LogP contribution in [0.25, 0.3) is 11.1 Å². The van der Waals surface area contributed by atoms with Crippen molar-refractivity contribution in [1.82, 2.24) is 14.9 Å². The first-order valence-electron chi connectivity index (χ1n) is 11.9. The van der Waals surface area contributed by atoms with E-state index in [0.29, 0.717) is 35.4 Å². The predicted octanol–water partition coefficient (Wildman–Crippen LogP) is 5.58. The minimum atomic E-state index is -0.279. The van der Waals surface area contributed by atoms with Crippen molar-refractivity contribution in [3.8, 4) is 11.1 Å². The highest BCUT2D eigenvalue weighted by molar-refractivity contribution is 6.05. The molecule has 182 valence electrons. The van der Waals surface area contributed by atoms with Gasteiger partial charge in [-0.3, -0.25) is 15.2 Å². The molecule has 1 amide bonds. The molecule has 3 N–H and O–H groups in total. The van der Waals surface area contributed by atoms with Crippen LogP contribution in [-0.2, 0) is 0 Å². The van der Waals surface area contributed by atoms with Gasteiger partial charge in [0.05, 0.1) is 24.3 Å². The molecule has 1 aromatic carbocycles. The van der Waals surface area contributed by atoms with Crippen LogP contribution in [0.5, 0.6) is 0 Å². The van der Waals surface area contributed by atoms with Crippen molar-refractivity contribution >= 4 is 23.8 Å². The van der Waals surface area contributed by atoms with Gasteiger partial charge >= 0.3 is 0 Å². The largest absolute Gasteiger partial charge is 0.354 e. The molecular formula is C29H30N6O. The number of nitrogens with one attached hydrogen (secondary N) is 3. The van der Waals surface area contributed by atoms with Crippen LogP contribution in [0.2, 0.25) is 0 Å². The number of rotatable bonds is 8. The molecule has 0 unspecified atom stereocenters. The van der Waals surface area contributed by atoms with E-state index in [0.717, 1.165) is 35.2 Å². The monoisotopic (exact) mass is 478 g/mol. The fourth-order valence-electron chi connectivity index (χ4n) is 3.78. The average molecular weight is 479 g/mol. The summed E-state index contributed by atoms with van der Waals surface area (Å²) in [4.78, 5) is 24.0. The van der Waals surface area contributed by atoms with E-state index in [1.165, 1.54) is 6.34 Å². The van der Waals surface area contributed by atoms with E-state index in [2.05, 4.69) is 15.3 Å². The lowest BCUT2D eigenvalue weighted by Crippen LogP contribution is -2.30. The Labute approximate surface area is 211 Å². The maximum atomic E-state index is 13.1. The molecule has 4 rings (SSSR count). The molecule has 2 heterocycles. The molecule has 0 bridgehead atoms. The number of carbonyl (C=O) groups excluding carboxylic acids is 1. The van der Waals surface area contributed by atoms with Crippen molar-refractivity contribution in [3.05, 3.63) is 102 Å². The maximum absolute atomic E-state index is 13.1. The second-order valence-corrected chi connectivity index (χ2v) is 8.86. The molecule has 36 heavy (non-hydrogen) atoms. The molecule has 0 aliphatic heterocycles. The highest BCUT2D eigenvalue weighted by atomic mass is 16.1. The number of aromatic nitrogens is 2. The van der Waals surface area contributed by atoms with Crippen molar-refractivity contribution in [3.63, 3.8) is 0 Å². The Balaban J connectivity index is 1.55. The number of benzene rings is 1. The van der Waals surface area contributed by atoms with Gasteiger partial charge in [0.2, 0.25) is 0 Å². The molecule has 0 atom stereocenters. The third-order valence-electron chi connectivity index (χ3n) is 5.99. The summed E-state index contributed by atoms with van der Waals surface area (Å²) in [7, 11) is 0. The second-order valence-electron chi connectivity index (χ2n) is 8.86. The lowest BCUT2D eigenvalue weighted by Gasteiger charge is -2.18. The third-order valence-corrected chi connectivity index (χ3v) is 5.99. The molecule has 7 nitrogen and oxygen atoms in total. The van der Waals surface area contributed by atoms with Gasteiger partial charge in [-0.1, -0.05) is 42.5 Å². The summed E-state index contributed by atoms with van der Waals surface area (Å²) in [5, 5.41) is 18.9. The highest BCUT2D eigenvalue weighted by Crippen LogP contribution is 2.26. The Hall–Kier alpha value is -4.39. The fraction of sp³-hybridized carbons (Fsp3) is 0.207. The van der Waals surface area contributed by atoms with Crippen LogP contribution in [0.1, 0.15) is 40.2 Å². The summed E-state index contributed by atoms with van der Waals surface area (Å²) < 4.78 is 0. The molecule has 3 aromatic rings. The number of pyridine rings is 1. The predicted molar refractivity (Wildman–Crippen MR) is 144 cm³/mol. The number of hydrogen-bond donors (Lipinski definition) is 3. The summed E-state index contributed by atoms with van der Waals surface area (Å²) in [6, 6.07) is 22.9. The Kier molecular flexibility index (Phi) is 7.80. The van der Waals surface area contributed by atoms with Crippen LogP contribution in [0, 0.1) is 24.7 Å². The van der Waals surface area contributed by atoms with Gasteiger partial charge in [0, 0.05) is 29.1 Å². The van der Waals surface area contributed by atoms with Crippen LogP contribution >= 0.6 is 0 Å². The molecule has 1 saturated carbocycles. The first-order chi connectivity index (χ1) is 17.4. The first kappa shape index (κ1) is 24.7. The van der Waals surface area contributed by atoms with Crippen LogP contribution in [-0.4, -0.2) is 45.4 Å². The topological polar surface area (TPSA) is 106 Å². The SMILES string of the molecule is Cc1ccccccc(-c2cc(C(=O)Nc3cccc(C(=N)CN(C=N)C4CC4)n3)ccc2C)cn1. The van der Waals surface area contributed by atoms with Crippen LogP contribution < -0.4 is 5.32 Å². The molecule has 0 radical (unpaired) electrons. The Morgan fingerprint density at radius 3 is 2.58 bits per heavy atom. The van der Waals surface area contributed by atoms with E-state index in [1.807, 2.05) is 73.5 Å². The molecule has 2 aromatic heterocycles. The molecule has 0 saturated heterocycles. The zero-order valence-corrected chi connectivity index (χ0v) is 20.5. The summed E-state index contributed by atoms with van der Waals surface area (Å²) in [5.41, 5.74) is 5.04. The van der Waals surface area contributed by atoms with Crippen LogP contribution in [0.4, 0.5) is 5.82 Å². The number of amides is 1. The Morgan fingerprint density at radius 1 is 1.06 bits per heavy atom. The van der Waals surface area contributed by atoms with Crippen LogP contribution in [0.15, 0.2) is 79.0 Å². The van der Waals surface area contributed by atoms with Gasteiger partial charge in [-0.25, -0.2) is 4.98 Å². The van der Waals surface area contributed by atoms with Gasteiger partial charge in [-0.2, -0.15) is 0 Å². The van der Waals surface area contributed by atoms with E-state index < -0.39 is 0 Å². The standard InChI is InChI=1S/C29H30N6O/c1-20-12-13-22(16-25(20)23-9-6-4-3-5-8-21(2)32-17-23)29(36)34-28-11-7-10-27(33-28)26(31)18-35(19-30)24-14-15-24/h3-13,16-17,19,24,30-31H,14-15,18H2,1-2H3,(H,33,34,36). The average Bonchev–Trinajstić information content (AvgIpc) is 3.72.